The molecule has 0 unspecified atom stereocenters. The van der Waals surface area contributed by atoms with E-state index in [-0.39, 0.29) is 21.8 Å². The van der Waals surface area contributed by atoms with Crippen molar-refractivity contribution in [1.82, 2.24) is 4.98 Å². The minimum absolute atomic E-state index is 0.117. The fourth-order valence-corrected chi connectivity index (χ4v) is 2.42. The van der Waals surface area contributed by atoms with Crippen molar-refractivity contribution in [3.05, 3.63) is 47.5 Å². The summed E-state index contributed by atoms with van der Waals surface area (Å²) in [5.41, 5.74) is -2.64. The van der Waals surface area contributed by atoms with Crippen LogP contribution in [-0.4, -0.2) is 4.98 Å². The molecule has 3 rings (SSSR count). The van der Waals surface area contributed by atoms with Gasteiger partial charge in [-0.05, 0) is 12.1 Å². The Hall–Kier alpha value is -2.18. The Morgan fingerprint density at radius 3 is 1.33 bits per heavy atom. The van der Waals surface area contributed by atoms with Gasteiger partial charge in [-0.25, -0.2) is 0 Å². The zero-order valence-electron chi connectivity index (χ0n) is 10.2. The van der Waals surface area contributed by atoms with Gasteiger partial charge in [0, 0.05) is 10.8 Å². The minimum atomic E-state index is -4.64. The van der Waals surface area contributed by atoms with E-state index in [9.17, 15) is 26.3 Å². The first-order chi connectivity index (χ1) is 9.69. The number of hydrogen-bond acceptors (Lipinski definition) is 0. The van der Waals surface area contributed by atoms with Crippen LogP contribution in [-0.2, 0) is 12.4 Å². The number of nitrogens with one attached hydrogen (secondary N) is 1. The summed E-state index contributed by atoms with van der Waals surface area (Å²) in [5.74, 6) is 0. The third kappa shape index (κ3) is 2.12. The number of halogens is 6. The maximum absolute atomic E-state index is 12.9. The number of rotatable bonds is 0. The van der Waals surface area contributed by atoms with E-state index in [4.69, 9.17) is 0 Å². The van der Waals surface area contributed by atoms with Gasteiger partial charge in [-0.3, -0.25) is 0 Å². The molecule has 0 bridgehead atoms. The summed E-state index contributed by atoms with van der Waals surface area (Å²) in [6, 6.07) is 6.76. The summed E-state index contributed by atoms with van der Waals surface area (Å²) in [5, 5.41) is 0.233. The SMILES string of the molecule is FC(F)(F)c1cccc2c1[nH]c1c(C(F)(F)F)cccc12. The van der Waals surface area contributed by atoms with Crippen molar-refractivity contribution in [3.8, 4) is 0 Å². The van der Waals surface area contributed by atoms with Crippen molar-refractivity contribution in [2.45, 2.75) is 12.4 Å². The van der Waals surface area contributed by atoms with Crippen molar-refractivity contribution in [2.75, 3.05) is 0 Å². The molecule has 0 spiro atoms. The predicted molar refractivity (Wildman–Crippen MR) is 65.8 cm³/mol. The standard InChI is InChI=1S/C14H7F6N/c15-13(16,17)9-5-1-3-7-8-4-2-6-10(14(18,19)20)12(8)21-11(7)9/h1-6,21H. The summed E-state index contributed by atoms with van der Waals surface area (Å²) in [7, 11) is 0. The lowest BCUT2D eigenvalue weighted by Gasteiger charge is -2.07. The Bertz CT molecular complexity index is 757. The van der Waals surface area contributed by atoms with Crippen LogP contribution in [0.2, 0.25) is 0 Å². The number of benzene rings is 2. The second kappa shape index (κ2) is 4.16. The van der Waals surface area contributed by atoms with Crippen LogP contribution >= 0.6 is 0 Å². The molecule has 2 aromatic carbocycles. The molecule has 0 amide bonds. The zero-order chi connectivity index (χ0) is 15.4. The van der Waals surface area contributed by atoms with Crippen LogP contribution in [0.5, 0.6) is 0 Å². The Morgan fingerprint density at radius 1 is 0.619 bits per heavy atom. The third-order valence-corrected chi connectivity index (χ3v) is 3.28. The monoisotopic (exact) mass is 303 g/mol. The van der Waals surface area contributed by atoms with E-state index in [1.54, 1.807) is 0 Å². The van der Waals surface area contributed by atoms with Crippen LogP contribution in [0.15, 0.2) is 36.4 Å². The van der Waals surface area contributed by atoms with Gasteiger partial charge in [-0.1, -0.05) is 24.3 Å². The lowest BCUT2D eigenvalue weighted by Crippen LogP contribution is -2.06. The van der Waals surface area contributed by atoms with Crippen LogP contribution in [0.4, 0.5) is 26.3 Å². The number of aromatic amines is 1. The summed E-state index contributed by atoms with van der Waals surface area (Å²) in [4.78, 5) is 2.29. The molecule has 21 heavy (non-hydrogen) atoms. The second-order valence-corrected chi connectivity index (χ2v) is 4.58. The van der Waals surface area contributed by atoms with Gasteiger partial charge >= 0.3 is 12.4 Å². The normalized spacial score (nSPS) is 13.2. The Morgan fingerprint density at radius 2 is 1.00 bits per heavy atom. The average molecular weight is 303 g/mol. The lowest BCUT2D eigenvalue weighted by atomic mass is 10.1. The molecule has 0 atom stereocenters. The first-order valence-electron chi connectivity index (χ1n) is 5.87. The molecule has 1 aromatic heterocycles. The van der Waals surface area contributed by atoms with Crippen molar-refractivity contribution < 1.29 is 26.3 Å². The smallest absolute Gasteiger partial charge is 0.354 e. The molecule has 0 radical (unpaired) electrons. The fourth-order valence-electron chi connectivity index (χ4n) is 2.42. The number of fused-ring (bicyclic) bond motifs is 3. The number of aromatic nitrogens is 1. The highest BCUT2D eigenvalue weighted by Gasteiger charge is 2.36. The molecule has 1 heterocycles. The van der Waals surface area contributed by atoms with E-state index in [2.05, 4.69) is 4.98 Å². The lowest BCUT2D eigenvalue weighted by molar-refractivity contribution is -0.136. The summed E-state index contributed by atoms with van der Waals surface area (Å²) >= 11 is 0. The van der Waals surface area contributed by atoms with Crippen molar-refractivity contribution >= 4 is 21.8 Å². The van der Waals surface area contributed by atoms with E-state index in [1.807, 2.05) is 0 Å². The Labute approximate surface area is 114 Å². The van der Waals surface area contributed by atoms with Crippen LogP contribution in [0, 0.1) is 0 Å². The van der Waals surface area contributed by atoms with Gasteiger partial charge in [-0.15, -0.1) is 0 Å². The van der Waals surface area contributed by atoms with Gasteiger partial charge in [0.05, 0.1) is 22.2 Å². The molecular formula is C14H7F6N. The van der Waals surface area contributed by atoms with E-state index < -0.39 is 23.5 Å². The van der Waals surface area contributed by atoms with Crippen LogP contribution in [0.1, 0.15) is 11.1 Å². The highest BCUT2D eigenvalue weighted by Crippen LogP contribution is 2.40. The zero-order valence-corrected chi connectivity index (χ0v) is 10.2. The first kappa shape index (κ1) is 13.8. The highest BCUT2D eigenvalue weighted by atomic mass is 19.4. The number of para-hydroxylation sites is 2. The molecule has 110 valence electrons. The first-order valence-corrected chi connectivity index (χ1v) is 5.87. The van der Waals surface area contributed by atoms with Crippen LogP contribution < -0.4 is 0 Å². The summed E-state index contributed by atoms with van der Waals surface area (Å²) < 4.78 is 77.6. The van der Waals surface area contributed by atoms with Crippen molar-refractivity contribution in [3.63, 3.8) is 0 Å². The molecule has 1 N–H and O–H groups in total. The number of hydrogen-bond donors (Lipinski definition) is 1. The molecule has 3 aromatic rings. The van der Waals surface area contributed by atoms with Crippen LogP contribution in [0.25, 0.3) is 21.8 Å². The molecule has 0 aliphatic rings. The molecule has 0 aliphatic carbocycles. The van der Waals surface area contributed by atoms with Gasteiger partial charge in [0.15, 0.2) is 0 Å². The molecule has 0 aliphatic heterocycles. The van der Waals surface area contributed by atoms with Gasteiger partial charge in [0.1, 0.15) is 0 Å². The minimum Gasteiger partial charge on any atom is -0.354 e. The molecule has 0 saturated carbocycles. The van der Waals surface area contributed by atoms with Crippen LogP contribution in [0.3, 0.4) is 0 Å². The molecule has 0 fully saturated rings. The molecule has 1 nitrogen and oxygen atoms in total. The van der Waals surface area contributed by atoms with Crippen molar-refractivity contribution in [1.29, 1.82) is 0 Å². The van der Waals surface area contributed by atoms with E-state index in [1.165, 1.54) is 24.3 Å². The number of H-pyrrole nitrogens is 1. The molecule has 7 heteroatoms. The van der Waals surface area contributed by atoms with E-state index in [0.29, 0.717) is 0 Å². The van der Waals surface area contributed by atoms with Gasteiger partial charge in [-0.2, -0.15) is 26.3 Å². The number of alkyl halides is 6. The summed E-state index contributed by atoms with van der Waals surface area (Å²) in [6.45, 7) is 0. The van der Waals surface area contributed by atoms with Gasteiger partial charge in [0.25, 0.3) is 0 Å². The van der Waals surface area contributed by atoms with Gasteiger partial charge in [0.2, 0.25) is 0 Å². The quantitative estimate of drug-likeness (QED) is 0.538. The molecule has 0 saturated heterocycles. The van der Waals surface area contributed by atoms with Crippen molar-refractivity contribution in [2.24, 2.45) is 0 Å². The highest BCUT2D eigenvalue weighted by molar-refractivity contribution is 6.09. The maximum atomic E-state index is 12.9. The third-order valence-electron chi connectivity index (χ3n) is 3.28. The fraction of sp³-hybridized carbons (Fsp3) is 0.143. The Kier molecular flexibility index (Phi) is 2.73. The summed E-state index contributed by atoms with van der Waals surface area (Å²) in [6.07, 6.45) is -9.28. The second-order valence-electron chi connectivity index (χ2n) is 4.58. The van der Waals surface area contributed by atoms with E-state index >= 15 is 0 Å². The topological polar surface area (TPSA) is 15.8 Å². The van der Waals surface area contributed by atoms with Gasteiger partial charge < -0.3 is 4.98 Å². The average Bonchev–Trinajstić information content (AvgIpc) is 2.74. The predicted octanol–water partition coefficient (Wildman–Crippen LogP) is 5.36. The molecular weight excluding hydrogens is 296 g/mol. The Balaban J connectivity index is 2.46. The van der Waals surface area contributed by atoms with E-state index in [0.717, 1.165) is 12.1 Å². The maximum Gasteiger partial charge on any atom is 0.418 e. The largest absolute Gasteiger partial charge is 0.418 e.